The minimum absolute atomic E-state index is 0.00433. The monoisotopic (exact) mass is 459 g/mol. The summed E-state index contributed by atoms with van der Waals surface area (Å²) in [6.07, 6.45) is 5.05. The highest BCUT2D eigenvalue weighted by Crippen LogP contribution is 2.19. The number of anilines is 1. The van der Waals surface area contributed by atoms with Gasteiger partial charge in [-0.05, 0) is 65.7 Å². The zero-order valence-electron chi connectivity index (χ0n) is 19.0. The SMILES string of the molecule is CCCN(CCC)C(=O)c1cccc(NC(=S)NC(=O)/C=C/c2cccc3ccccc23)c1. The van der Waals surface area contributed by atoms with E-state index < -0.39 is 0 Å². The number of fused-ring (bicyclic) bond motifs is 1. The van der Waals surface area contributed by atoms with Crippen molar-refractivity contribution in [3.63, 3.8) is 0 Å². The zero-order chi connectivity index (χ0) is 23.6. The summed E-state index contributed by atoms with van der Waals surface area (Å²) in [5.74, 6) is -0.333. The van der Waals surface area contributed by atoms with Crippen LogP contribution in [0.1, 0.15) is 42.6 Å². The highest BCUT2D eigenvalue weighted by molar-refractivity contribution is 7.80. The summed E-state index contributed by atoms with van der Waals surface area (Å²) in [5.41, 5.74) is 2.20. The quantitative estimate of drug-likeness (QED) is 0.339. The van der Waals surface area contributed by atoms with Gasteiger partial charge in [0.1, 0.15) is 0 Å². The molecule has 3 aromatic carbocycles. The van der Waals surface area contributed by atoms with Gasteiger partial charge in [0, 0.05) is 30.4 Å². The van der Waals surface area contributed by atoms with Crippen molar-refractivity contribution in [3.8, 4) is 0 Å². The lowest BCUT2D eigenvalue weighted by Gasteiger charge is -2.21. The number of nitrogens with one attached hydrogen (secondary N) is 2. The van der Waals surface area contributed by atoms with E-state index in [1.165, 1.54) is 6.08 Å². The van der Waals surface area contributed by atoms with Gasteiger partial charge in [0.05, 0.1) is 0 Å². The Bertz CT molecular complexity index is 1160. The maximum Gasteiger partial charge on any atom is 0.253 e. The summed E-state index contributed by atoms with van der Waals surface area (Å²) >= 11 is 5.29. The molecule has 0 heterocycles. The van der Waals surface area contributed by atoms with Crippen LogP contribution in [0.4, 0.5) is 5.69 Å². The van der Waals surface area contributed by atoms with Crippen molar-refractivity contribution < 1.29 is 9.59 Å². The third kappa shape index (κ3) is 6.73. The van der Waals surface area contributed by atoms with Crippen molar-refractivity contribution >= 4 is 51.7 Å². The maximum absolute atomic E-state index is 12.8. The Morgan fingerprint density at radius 2 is 1.64 bits per heavy atom. The van der Waals surface area contributed by atoms with Crippen LogP contribution in [0.2, 0.25) is 0 Å². The summed E-state index contributed by atoms with van der Waals surface area (Å²) in [6, 6.07) is 21.1. The van der Waals surface area contributed by atoms with Crippen LogP contribution < -0.4 is 10.6 Å². The highest BCUT2D eigenvalue weighted by Gasteiger charge is 2.14. The van der Waals surface area contributed by atoms with E-state index in [9.17, 15) is 9.59 Å². The molecule has 0 aliphatic rings. The molecule has 5 nitrogen and oxygen atoms in total. The number of amides is 2. The van der Waals surface area contributed by atoms with Crippen LogP contribution >= 0.6 is 12.2 Å². The number of nitrogens with zero attached hydrogens (tertiary/aromatic N) is 1. The average molecular weight is 460 g/mol. The standard InChI is InChI=1S/C27H29N3O2S/c1-3-17-30(18-4-2)26(32)22-12-8-13-23(19-22)28-27(33)29-25(31)16-15-21-11-7-10-20-9-5-6-14-24(20)21/h5-16,19H,3-4,17-18H2,1-2H3,(H2,28,29,31,33)/b16-15+. The molecule has 33 heavy (non-hydrogen) atoms. The molecule has 0 radical (unpaired) electrons. The Balaban J connectivity index is 1.62. The van der Waals surface area contributed by atoms with E-state index in [1.54, 1.807) is 24.3 Å². The second-order valence-electron chi connectivity index (χ2n) is 7.72. The van der Waals surface area contributed by atoms with Gasteiger partial charge in [-0.15, -0.1) is 0 Å². The fraction of sp³-hybridized carbons (Fsp3) is 0.222. The smallest absolute Gasteiger partial charge is 0.253 e. The Morgan fingerprint density at radius 1 is 0.939 bits per heavy atom. The van der Waals surface area contributed by atoms with E-state index in [1.807, 2.05) is 53.4 Å². The first-order valence-corrected chi connectivity index (χ1v) is 11.6. The molecule has 6 heteroatoms. The summed E-state index contributed by atoms with van der Waals surface area (Å²) in [4.78, 5) is 27.1. The second-order valence-corrected chi connectivity index (χ2v) is 8.13. The Hall–Kier alpha value is -3.51. The molecule has 0 aliphatic heterocycles. The van der Waals surface area contributed by atoms with Gasteiger partial charge in [-0.2, -0.15) is 0 Å². The molecule has 170 valence electrons. The van der Waals surface area contributed by atoms with Gasteiger partial charge in [0.15, 0.2) is 5.11 Å². The third-order valence-electron chi connectivity index (χ3n) is 5.12. The van der Waals surface area contributed by atoms with E-state index in [0.717, 1.165) is 42.3 Å². The van der Waals surface area contributed by atoms with Gasteiger partial charge in [-0.25, -0.2) is 0 Å². The lowest BCUT2D eigenvalue weighted by atomic mass is 10.0. The van der Waals surface area contributed by atoms with Crippen molar-refractivity contribution in [2.24, 2.45) is 0 Å². The molecule has 0 atom stereocenters. The highest BCUT2D eigenvalue weighted by atomic mass is 32.1. The first-order valence-electron chi connectivity index (χ1n) is 11.2. The Kier molecular flexibility index (Phi) is 8.72. The van der Waals surface area contributed by atoms with Crippen LogP contribution in [0.3, 0.4) is 0 Å². The normalized spacial score (nSPS) is 10.8. The van der Waals surface area contributed by atoms with E-state index in [4.69, 9.17) is 12.2 Å². The first kappa shape index (κ1) is 24.1. The molecule has 0 aliphatic carbocycles. The minimum Gasteiger partial charge on any atom is -0.339 e. The molecule has 0 saturated heterocycles. The van der Waals surface area contributed by atoms with Gasteiger partial charge in [-0.1, -0.05) is 62.4 Å². The second kappa shape index (κ2) is 11.9. The van der Waals surface area contributed by atoms with E-state index in [0.29, 0.717) is 11.3 Å². The molecule has 0 spiro atoms. The molecule has 2 N–H and O–H groups in total. The fourth-order valence-electron chi connectivity index (χ4n) is 3.64. The van der Waals surface area contributed by atoms with Crippen LogP contribution in [0.25, 0.3) is 16.8 Å². The molecule has 2 amide bonds. The van der Waals surface area contributed by atoms with E-state index >= 15 is 0 Å². The molecular formula is C27H29N3O2S. The van der Waals surface area contributed by atoms with Gasteiger partial charge < -0.3 is 10.2 Å². The largest absolute Gasteiger partial charge is 0.339 e. The van der Waals surface area contributed by atoms with Crippen molar-refractivity contribution in [1.29, 1.82) is 0 Å². The number of hydrogen-bond donors (Lipinski definition) is 2. The van der Waals surface area contributed by atoms with E-state index in [-0.39, 0.29) is 16.9 Å². The predicted molar refractivity (Wildman–Crippen MR) is 140 cm³/mol. The number of thiocarbonyl (C=S) groups is 1. The van der Waals surface area contributed by atoms with Crippen LogP contribution in [0, 0.1) is 0 Å². The number of carbonyl (C=O) groups excluding carboxylic acids is 2. The van der Waals surface area contributed by atoms with Crippen LogP contribution in [0.15, 0.2) is 72.8 Å². The number of benzene rings is 3. The molecule has 0 aromatic heterocycles. The summed E-state index contributed by atoms with van der Waals surface area (Å²) in [5, 5.41) is 8.01. The minimum atomic E-state index is -0.329. The topological polar surface area (TPSA) is 61.4 Å². The molecule has 0 unspecified atom stereocenters. The van der Waals surface area contributed by atoms with Crippen LogP contribution in [-0.2, 0) is 4.79 Å². The molecule has 3 rings (SSSR count). The molecular weight excluding hydrogens is 430 g/mol. The molecule has 3 aromatic rings. The van der Waals surface area contributed by atoms with Crippen molar-refractivity contribution in [3.05, 3.63) is 83.9 Å². The van der Waals surface area contributed by atoms with Gasteiger partial charge in [-0.3, -0.25) is 14.9 Å². The predicted octanol–water partition coefficient (Wildman–Crippen LogP) is 5.63. The molecule has 0 saturated carbocycles. The van der Waals surface area contributed by atoms with E-state index in [2.05, 4.69) is 24.5 Å². The fourth-order valence-corrected chi connectivity index (χ4v) is 3.86. The Labute approximate surface area is 200 Å². The molecule has 0 fully saturated rings. The number of carbonyl (C=O) groups is 2. The average Bonchev–Trinajstić information content (AvgIpc) is 2.82. The van der Waals surface area contributed by atoms with Crippen molar-refractivity contribution in [1.82, 2.24) is 10.2 Å². The lowest BCUT2D eigenvalue weighted by molar-refractivity contribution is -0.115. The zero-order valence-corrected chi connectivity index (χ0v) is 19.8. The first-order chi connectivity index (χ1) is 16.0. The Morgan fingerprint density at radius 3 is 2.39 bits per heavy atom. The number of hydrogen-bond acceptors (Lipinski definition) is 3. The van der Waals surface area contributed by atoms with Crippen LogP contribution in [-0.4, -0.2) is 34.9 Å². The van der Waals surface area contributed by atoms with Gasteiger partial charge >= 0.3 is 0 Å². The van der Waals surface area contributed by atoms with Crippen LogP contribution in [0.5, 0.6) is 0 Å². The number of rotatable bonds is 8. The maximum atomic E-state index is 12.8. The van der Waals surface area contributed by atoms with Crippen molar-refractivity contribution in [2.45, 2.75) is 26.7 Å². The summed E-state index contributed by atoms with van der Waals surface area (Å²) in [7, 11) is 0. The lowest BCUT2D eigenvalue weighted by Crippen LogP contribution is -2.33. The summed E-state index contributed by atoms with van der Waals surface area (Å²) in [6.45, 7) is 5.57. The van der Waals surface area contributed by atoms with Gasteiger partial charge in [0.2, 0.25) is 5.91 Å². The van der Waals surface area contributed by atoms with Crippen molar-refractivity contribution in [2.75, 3.05) is 18.4 Å². The summed E-state index contributed by atoms with van der Waals surface area (Å²) < 4.78 is 0. The van der Waals surface area contributed by atoms with Gasteiger partial charge in [0.25, 0.3) is 5.91 Å². The molecule has 0 bridgehead atoms. The third-order valence-corrected chi connectivity index (χ3v) is 5.32.